The number of nitro benzene ring substituents is 1. The van der Waals surface area contributed by atoms with E-state index < -0.39 is 22.4 Å². The molecular formula is C10H7FN2O5. The Balaban J connectivity index is 2.54. The monoisotopic (exact) mass is 254 g/mol. The summed E-state index contributed by atoms with van der Waals surface area (Å²) < 4.78 is 22.5. The summed E-state index contributed by atoms with van der Waals surface area (Å²) in [6.07, 6.45) is -0.202. The van der Waals surface area contributed by atoms with Crippen LogP contribution in [0.2, 0.25) is 0 Å². The van der Waals surface area contributed by atoms with Crippen LogP contribution in [-0.2, 0) is 16.0 Å². The average molecular weight is 254 g/mol. The first-order valence-electron chi connectivity index (χ1n) is 4.82. The molecule has 8 heteroatoms. The van der Waals surface area contributed by atoms with Crippen LogP contribution in [0.25, 0.3) is 11.0 Å². The molecule has 0 saturated heterocycles. The largest absolute Gasteiger partial charge is 0.469 e. The van der Waals surface area contributed by atoms with Crippen molar-refractivity contribution in [3.8, 4) is 0 Å². The van der Waals surface area contributed by atoms with Gasteiger partial charge in [0.05, 0.1) is 23.8 Å². The number of hydrogen-bond donors (Lipinski definition) is 0. The third kappa shape index (κ3) is 1.99. The summed E-state index contributed by atoms with van der Waals surface area (Å²) in [4.78, 5) is 20.8. The summed E-state index contributed by atoms with van der Waals surface area (Å²) in [5.74, 6) is -1.59. The van der Waals surface area contributed by atoms with Crippen LogP contribution in [0.15, 0.2) is 16.7 Å². The maximum atomic E-state index is 13.3. The standard InChI is InChI=1S/C10H7FN2O5/c1-17-10(14)4-7-5-2-8(13(15)16)6(11)3-9(5)18-12-7/h2-3H,4H2,1H3. The minimum atomic E-state index is -1.02. The molecule has 1 aromatic heterocycles. The van der Waals surface area contributed by atoms with Crippen molar-refractivity contribution >= 4 is 22.6 Å². The van der Waals surface area contributed by atoms with E-state index in [2.05, 4.69) is 9.89 Å². The van der Waals surface area contributed by atoms with E-state index in [-0.39, 0.29) is 23.1 Å². The smallest absolute Gasteiger partial charge is 0.311 e. The molecule has 0 bridgehead atoms. The van der Waals surface area contributed by atoms with Crippen LogP contribution in [-0.4, -0.2) is 23.2 Å². The Bertz CT molecular complexity index is 636. The molecule has 94 valence electrons. The quantitative estimate of drug-likeness (QED) is 0.469. The van der Waals surface area contributed by atoms with Crippen molar-refractivity contribution in [1.82, 2.24) is 5.16 Å². The molecular weight excluding hydrogens is 247 g/mol. The number of carbonyl (C=O) groups excluding carboxylic acids is 1. The topological polar surface area (TPSA) is 95.5 Å². The van der Waals surface area contributed by atoms with E-state index in [4.69, 9.17) is 4.52 Å². The van der Waals surface area contributed by atoms with Crippen LogP contribution >= 0.6 is 0 Å². The molecule has 0 aliphatic heterocycles. The third-order valence-corrected chi connectivity index (χ3v) is 2.35. The van der Waals surface area contributed by atoms with Crippen molar-refractivity contribution in [3.63, 3.8) is 0 Å². The Morgan fingerprint density at radius 3 is 2.94 bits per heavy atom. The Hall–Kier alpha value is -2.51. The highest BCUT2D eigenvalue weighted by molar-refractivity contribution is 5.86. The van der Waals surface area contributed by atoms with Crippen molar-refractivity contribution in [3.05, 3.63) is 33.8 Å². The number of rotatable bonds is 3. The Morgan fingerprint density at radius 2 is 2.33 bits per heavy atom. The molecule has 2 rings (SSSR count). The summed E-state index contributed by atoms with van der Waals surface area (Å²) in [6, 6.07) is 1.85. The fourth-order valence-electron chi connectivity index (χ4n) is 1.47. The number of halogens is 1. The highest BCUT2D eigenvalue weighted by Gasteiger charge is 2.20. The molecule has 18 heavy (non-hydrogen) atoms. The zero-order valence-electron chi connectivity index (χ0n) is 9.18. The molecule has 0 atom stereocenters. The van der Waals surface area contributed by atoms with Crippen molar-refractivity contribution in [2.75, 3.05) is 7.11 Å². The molecule has 1 aromatic carbocycles. The van der Waals surface area contributed by atoms with Crippen LogP contribution in [0.3, 0.4) is 0 Å². The molecule has 0 fully saturated rings. The fourth-order valence-corrected chi connectivity index (χ4v) is 1.47. The van der Waals surface area contributed by atoms with Gasteiger partial charge < -0.3 is 9.26 Å². The molecule has 7 nitrogen and oxygen atoms in total. The molecule has 0 aliphatic rings. The van der Waals surface area contributed by atoms with Gasteiger partial charge in [-0.25, -0.2) is 0 Å². The van der Waals surface area contributed by atoms with Crippen LogP contribution < -0.4 is 0 Å². The number of benzene rings is 1. The van der Waals surface area contributed by atoms with E-state index in [1.54, 1.807) is 0 Å². The first-order chi connectivity index (χ1) is 8.52. The summed E-state index contributed by atoms with van der Waals surface area (Å²) in [7, 11) is 1.20. The van der Waals surface area contributed by atoms with Crippen molar-refractivity contribution in [1.29, 1.82) is 0 Å². The van der Waals surface area contributed by atoms with E-state index in [1.165, 1.54) is 7.11 Å². The number of ether oxygens (including phenoxy) is 1. The lowest BCUT2D eigenvalue weighted by Crippen LogP contribution is -2.05. The fraction of sp³-hybridized carbons (Fsp3) is 0.200. The SMILES string of the molecule is COC(=O)Cc1noc2cc(F)c([N+](=O)[O-])cc12. The van der Waals surface area contributed by atoms with Crippen LogP contribution in [0.5, 0.6) is 0 Å². The van der Waals surface area contributed by atoms with E-state index in [0.717, 1.165) is 12.1 Å². The van der Waals surface area contributed by atoms with Gasteiger partial charge in [0, 0.05) is 12.1 Å². The first kappa shape index (κ1) is 12.0. The van der Waals surface area contributed by atoms with Crippen LogP contribution in [0.1, 0.15) is 5.69 Å². The van der Waals surface area contributed by atoms with Crippen LogP contribution in [0, 0.1) is 15.9 Å². The molecule has 1 heterocycles. The van der Waals surface area contributed by atoms with Gasteiger partial charge in [0.2, 0.25) is 5.82 Å². The number of methoxy groups -OCH3 is 1. The summed E-state index contributed by atoms with van der Waals surface area (Å²) in [5.41, 5.74) is -0.492. The highest BCUT2D eigenvalue weighted by atomic mass is 19.1. The normalized spacial score (nSPS) is 10.6. The molecule has 2 aromatic rings. The highest BCUT2D eigenvalue weighted by Crippen LogP contribution is 2.27. The predicted octanol–water partition coefficient (Wildman–Crippen LogP) is 1.59. The van der Waals surface area contributed by atoms with Gasteiger partial charge in [-0.1, -0.05) is 5.16 Å². The van der Waals surface area contributed by atoms with Gasteiger partial charge in [-0.2, -0.15) is 4.39 Å². The number of carbonyl (C=O) groups is 1. The van der Waals surface area contributed by atoms with E-state index in [1.807, 2.05) is 0 Å². The van der Waals surface area contributed by atoms with E-state index in [0.29, 0.717) is 0 Å². The zero-order valence-corrected chi connectivity index (χ0v) is 9.18. The molecule has 0 N–H and O–H groups in total. The maximum Gasteiger partial charge on any atom is 0.311 e. The van der Waals surface area contributed by atoms with Crippen LogP contribution in [0.4, 0.5) is 10.1 Å². The number of aromatic nitrogens is 1. The van der Waals surface area contributed by atoms with Crippen molar-refractivity contribution < 1.29 is 23.4 Å². The van der Waals surface area contributed by atoms with Gasteiger partial charge in [0.25, 0.3) is 0 Å². The van der Waals surface area contributed by atoms with Gasteiger partial charge >= 0.3 is 11.7 Å². The second kappa shape index (κ2) is 4.40. The molecule has 0 saturated carbocycles. The van der Waals surface area contributed by atoms with Gasteiger partial charge in [-0.15, -0.1) is 0 Å². The first-order valence-corrected chi connectivity index (χ1v) is 4.82. The van der Waals surface area contributed by atoms with E-state index >= 15 is 0 Å². The van der Waals surface area contributed by atoms with Gasteiger partial charge in [-0.05, 0) is 0 Å². The lowest BCUT2D eigenvalue weighted by molar-refractivity contribution is -0.387. The number of esters is 1. The summed E-state index contributed by atoms with van der Waals surface area (Å²) in [6.45, 7) is 0. The van der Waals surface area contributed by atoms with Crippen molar-refractivity contribution in [2.24, 2.45) is 0 Å². The molecule has 0 aliphatic carbocycles. The molecule has 0 radical (unpaired) electrons. The molecule has 0 amide bonds. The Labute approximate surface area is 99.3 Å². The molecule has 0 spiro atoms. The Kier molecular flexibility index (Phi) is 2.92. The predicted molar refractivity (Wildman–Crippen MR) is 56.3 cm³/mol. The average Bonchev–Trinajstić information content (AvgIpc) is 2.70. The van der Waals surface area contributed by atoms with Crippen molar-refractivity contribution in [2.45, 2.75) is 6.42 Å². The maximum absolute atomic E-state index is 13.3. The second-order valence-electron chi connectivity index (χ2n) is 3.44. The summed E-state index contributed by atoms with van der Waals surface area (Å²) >= 11 is 0. The second-order valence-corrected chi connectivity index (χ2v) is 3.44. The van der Waals surface area contributed by atoms with E-state index in [9.17, 15) is 19.3 Å². The van der Waals surface area contributed by atoms with Gasteiger partial charge in [0.15, 0.2) is 5.58 Å². The minimum Gasteiger partial charge on any atom is -0.469 e. The number of nitrogens with zero attached hydrogens (tertiary/aromatic N) is 2. The Morgan fingerprint density at radius 1 is 1.61 bits per heavy atom. The van der Waals surface area contributed by atoms with Gasteiger partial charge in [0.1, 0.15) is 5.69 Å². The minimum absolute atomic E-state index is 0.0389. The number of nitro groups is 1. The zero-order chi connectivity index (χ0) is 13.3. The lowest BCUT2D eigenvalue weighted by Gasteiger charge is -1.96. The lowest BCUT2D eigenvalue weighted by atomic mass is 10.1. The van der Waals surface area contributed by atoms with Gasteiger partial charge in [-0.3, -0.25) is 14.9 Å². The molecule has 0 unspecified atom stereocenters. The number of fused-ring (bicyclic) bond motifs is 1. The number of hydrogen-bond acceptors (Lipinski definition) is 6. The third-order valence-electron chi connectivity index (χ3n) is 2.35. The summed E-state index contributed by atoms with van der Waals surface area (Å²) in [5, 5.41) is 14.4.